The number of fused-ring (bicyclic) bond motifs is 1. The molecule has 0 spiro atoms. The second-order valence-electron chi connectivity index (χ2n) is 4.51. The van der Waals surface area contributed by atoms with Crippen LogP contribution in [0.5, 0.6) is 5.75 Å². The molecule has 1 aromatic carbocycles. The molecule has 2 nitrogen and oxygen atoms in total. The molecule has 1 aromatic rings. The summed E-state index contributed by atoms with van der Waals surface area (Å²) in [6, 6.07) is 9.00. The Bertz CT molecular complexity index is 346. The highest BCUT2D eigenvalue weighted by molar-refractivity contribution is 5.37. The Hall–Kier alpha value is -1.02. The molecular formula is C13H17NO. The van der Waals surface area contributed by atoms with Crippen LogP contribution in [0.4, 0.5) is 0 Å². The minimum atomic E-state index is 0.529. The monoisotopic (exact) mass is 203 g/mol. The molecule has 0 aromatic heterocycles. The number of hydrogen-bond acceptors (Lipinski definition) is 2. The average Bonchev–Trinajstić information content (AvgIpc) is 3.03. The van der Waals surface area contributed by atoms with Crippen LogP contribution in [-0.2, 0) is 0 Å². The summed E-state index contributed by atoms with van der Waals surface area (Å²) in [5.41, 5.74) is 1.36. The SMILES string of the molecule is c1ccc2c(c1)OCCCNC2C1CC1. The van der Waals surface area contributed by atoms with Gasteiger partial charge in [0.25, 0.3) is 0 Å². The summed E-state index contributed by atoms with van der Waals surface area (Å²) in [5.74, 6) is 1.93. The Labute approximate surface area is 90.6 Å². The van der Waals surface area contributed by atoms with Gasteiger partial charge in [0.05, 0.1) is 6.61 Å². The van der Waals surface area contributed by atoms with E-state index in [1.54, 1.807) is 0 Å². The molecule has 1 saturated carbocycles. The van der Waals surface area contributed by atoms with E-state index in [0.717, 1.165) is 31.2 Å². The van der Waals surface area contributed by atoms with Gasteiger partial charge in [-0.3, -0.25) is 0 Å². The zero-order valence-electron chi connectivity index (χ0n) is 8.91. The third-order valence-corrected chi connectivity index (χ3v) is 3.29. The first-order chi connectivity index (χ1) is 7.45. The van der Waals surface area contributed by atoms with Gasteiger partial charge in [0.2, 0.25) is 0 Å². The highest BCUT2D eigenvalue weighted by Crippen LogP contribution is 2.43. The highest BCUT2D eigenvalue weighted by atomic mass is 16.5. The summed E-state index contributed by atoms with van der Waals surface area (Å²) < 4.78 is 5.80. The normalized spacial score (nSPS) is 26.0. The Morgan fingerprint density at radius 2 is 2.07 bits per heavy atom. The summed E-state index contributed by atoms with van der Waals surface area (Å²) in [7, 11) is 0. The molecular weight excluding hydrogens is 186 g/mol. The van der Waals surface area contributed by atoms with Crippen LogP contribution in [0.2, 0.25) is 0 Å². The number of para-hydroxylation sites is 1. The fraction of sp³-hybridized carbons (Fsp3) is 0.538. The third kappa shape index (κ3) is 1.86. The number of hydrogen-bond donors (Lipinski definition) is 1. The lowest BCUT2D eigenvalue weighted by molar-refractivity contribution is 0.280. The Balaban J connectivity index is 1.95. The largest absolute Gasteiger partial charge is 0.493 e. The van der Waals surface area contributed by atoms with Gasteiger partial charge in [-0.05, 0) is 37.8 Å². The lowest BCUT2D eigenvalue weighted by atomic mass is 10.0. The van der Waals surface area contributed by atoms with Crippen LogP contribution >= 0.6 is 0 Å². The molecule has 0 amide bonds. The van der Waals surface area contributed by atoms with Crippen LogP contribution in [-0.4, -0.2) is 13.2 Å². The molecule has 1 unspecified atom stereocenters. The molecule has 0 saturated heterocycles. The number of rotatable bonds is 1. The van der Waals surface area contributed by atoms with E-state index >= 15 is 0 Å². The number of benzene rings is 1. The van der Waals surface area contributed by atoms with Crippen LogP contribution in [0, 0.1) is 5.92 Å². The first-order valence-corrected chi connectivity index (χ1v) is 5.90. The maximum absolute atomic E-state index is 5.80. The molecule has 80 valence electrons. The van der Waals surface area contributed by atoms with E-state index in [9.17, 15) is 0 Å². The van der Waals surface area contributed by atoms with Gasteiger partial charge in [-0.1, -0.05) is 18.2 Å². The lowest BCUT2D eigenvalue weighted by Crippen LogP contribution is -2.28. The van der Waals surface area contributed by atoms with Gasteiger partial charge in [-0.15, -0.1) is 0 Å². The fourth-order valence-electron chi connectivity index (χ4n) is 2.34. The highest BCUT2D eigenvalue weighted by Gasteiger charge is 2.33. The summed E-state index contributed by atoms with van der Waals surface area (Å²) >= 11 is 0. The van der Waals surface area contributed by atoms with Crippen molar-refractivity contribution in [3.05, 3.63) is 29.8 Å². The molecule has 15 heavy (non-hydrogen) atoms. The smallest absolute Gasteiger partial charge is 0.124 e. The molecule has 2 aliphatic rings. The van der Waals surface area contributed by atoms with E-state index in [2.05, 4.69) is 29.6 Å². The molecule has 3 rings (SSSR count). The van der Waals surface area contributed by atoms with Crippen molar-refractivity contribution in [2.75, 3.05) is 13.2 Å². The van der Waals surface area contributed by atoms with E-state index in [-0.39, 0.29) is 0 Å². The van der Waals surface area contributed by atoms with Gasteiger partial charge in [-0.2, -0.15) is 0 Å². The van der Waals surface area contributed by atoms with E-state index < -0.39 is 0 Å². The Kier molecular flexibility index (Phi) is 2.37. The standard InChI is InChI=1S/C13H17NO/c1-2-5-12-11(4-1)13(10-6-7-10)14-8-3-9-15-12/h1-2,4-5,10,13-14H,3,6-9H2. The average molecular weight is 203 g/mol. The summed E-state index contributed by atoms with van der Waals surface area (Å²) in [4.78, 5) is 0. The van der Waals surface area contributed by atoms with Crippen molar-refractivity contribution in [3.63, 3.8) is 0 Å². The molecule has 1 aliphatic carbocycles. The van der Waals surface area contributed by atoms with Gasteiger partial charge < -0.3 is 10.1 Å². The van der Waals surface area contributed by atoms with Crippen LogP contribution in [0.15, 0.2) is 24.3 Å². The van der Waals surface area contributed by atoms with Crippen molar-refractivity contribution in [1.82, 2.24) is 5.32 Å². The van der Waals surface area contributed by atoms with E-state index in [1.165, 1.54) is 18.4 Å². The van der Waals surface area contributed by atoms with Gasteiger partial charge in [0.1, 0.15) is 5.75 Å². The van der Waals surface area contributed by atoms with Gasteiger partial charge in [0.15, 0.2) is 0 Å². The van der Waals surface area contributed by atoms with Gasteiger partial charge >= 0.3 is 0 Å². The van der Waals surface area contributed by atoms with Crippen molar-refractivity contribution in [2.45, 2.75) is 25.3 Å². The Morgan fingerprint density at radius 3 is 2.93 bits per heavy atom. The Morgan fingerprint density at radius 1 is 1.20 bits per heavy atom. The van der Waals surface area contributed by atoms with Gasteiger partial charge in [-0.25, -0.2) is 0 Å². The zero-order valence-corrected chi connectivity index (χ0v) is 8.91. The van der Waals surface area contributed by atoms with Gasteiger partial charge in [0, 0.05) is 11.6 Å². The quantitative estimate of drug-likeness (QED) is 0.757. The van der Waals surface area contributed by atoms with Crippen LogP contribution < -0.4 is 10.1 Å². The first kappa shape index (κ1) is 9.22. The van der Waals surface area contributed by atoms with Crippen molar-refractivity contribution in [3.8, 4) is 5.75 Å². The van der Waals surface area contributed by atoms with Crippen LogP contribution in [0.1, 0.15) is 30.9 Å². The van der Waals surface area contributed by atoms with Crippen LogP contribution in [0.3, 0.4) is 0 Å². The summed E-state index contributed by atoms with van der Waals surface area (Å²) in [6.07, 6.45) is 3.84. The molecule has 1 N–H and O–H groups in total. The van der Waals surface area contributed by atoms with E-state index in [1.807, 2.05) is 0 Å². The topological polar surface area (TPSA) is 21.3 Å². The van der Waals surface area contributed by atoms with Crippen molar-refractivity contribution in [2.24, 2.45) is 5.92 Å². The number of nitrogens with one attached hydrogen (secondary N) is 1. The van der Waals surface area contributed by atoms with E-state index in [0.29, 0.717) is 6.04 Å². The second kappa shape index (κ2) is 3.86. The predicted octanol–water partition coefficient (Wildman–Crippen LogP) is 2.51. The maximum atomic E-state index is 5.80. The fourth-order valence-corrected chi connectivity index (χ4v) is 2.34. The van der Waals surface area contributed by atoms with Crippen molar-refractivity contribution in [1.29, 1.82) is 0 Å². The molecule has 1 aliphatic heterocycles. The first-order valence-electron chi connectivity index (χ1n) is 5.90. The molecule has 2 heteroatoms. The van der Waals surface area contributed by atoms with Crippen LogP contribution in [0.25, 0.3) is 0 Å². The molecule has 1 heterocycles. The number of ether oxygens (including phenoxy) is 1. The minimum absolute atomic E-state index is 0.529. The summed E-state index contributed by atoms with van der Waals surface area (Å²) in [5, 5.41) is 3.66. The third-order valence-electron chi connectivity index (χ3n) is 3.29. The van der Waals surface area contributed by atoms with E-state index in [4.69, 9.17) is 4.74 Å². The lowest BCUT2D eigenvalue weighted by Gasteiger charge is -2.24. The summed E-state index contributed by atoms with van der Waals surface area (Å²) in [6.45, 7) is 1.91. The minimum Gasteiger partial charge on any atom is -0.493 e. The predicted molar refractivity (Wildman–Crippen MR) is 60.0 cm³/mol. The molecule has 0 radical (unpaired) electrons. The molecule has 0 bridgehead atoms. The molecule has 1 fully saturated rings. The van der Waals surface area contributed by atoms with Crippen molar-refractivity contribution < 1.29 is 4.74 Å². The second-order valence-corrected chi connectivity index (χ2v) is 4.51. The van der Waals surface area contributed by atoms with Crippen molar-refractivity contribution >= 4 is 0 Å². The maximum Gasteiger partial charge on any atom is 0.124 e. The zero-order chi connectivity index (χ0) is 10.1. The molecule has 1 atom stereocenters.